The Morgan fingerprint density at radius 1 is 1.30 bits per heavy atom. The minimum atomic E-state index is 0.0197. The van der Waals surface area contributed by atoms with Gasteiger partial charge in [0.05, 0.1) is 5.25 Å². The van der Waals surface area contributed by atoms with Gasteiger partial charge in [0.1, 0.15) is 5.51 Å². The lowest BCUT2D eigenvalue weighted by atomic mass is 9.48. The molecule has 0 saturated heterocycles. The molecule has 0 unspecified atom stereocenters. The van der Waals surface area contributed by atoms with Gasteiger partial charge in [0.25, 0.3) is 0 Å². The van der Waals surface area contributed by atoms with E-state index in [1.54, 1.807) is 17.3 Å². The Kier molecular flexibility index (Phi) is 3.18. The second-order valence-corrected chi connectivity index (χ2v) is 9.45. The minimum absolute atomic E-state index is 0.0197. The van der Waals surface area contributed by atoms with E-state index < -0.39 is 0 Å². The molecule has 4 aliphatic rings. The number of nitrogens with zero attached hydrogens (tertiary/aromatic N) is 2. The second-order valence-electron chi connectivity index (χ2n) is 7.03. The van der Waals surface area contributed by atoms with Crippen molar-refractivity contribution >= 4 is 28.9 Å². The molecule has 4 saturated carbocycles. The van der Waals surface area contributed by atoms with E-state index in [1.165, 1.54) is 49.9 Å². The topological polar surface area (TPSA) is 42.9 Å². The van der Waals surface area contributed by atoms with E-state index in [-0.39, 0.29) is 10.7 Å². The average Bonchev–Trinajstić information content (AvgIpc) is 2.89. The summed E-state index contributed by atoms with van der Waals surface area (Å²) in [4.78, 5) is 13.1. The van der Waals surface area contributed by atoms with Crippen LogP contribution in [0.4, 0.5) is 0 Å². The lowest BCUT2D eigenvalue weighted by Crippen LogP contribution is -2.51. The summed E-state index contributed by atoms with van der Waals surface area (Å²) < 4.78 is 0.926. The lowest BCUT2D eigenvalue weighted by Gasteiger charge is -2.56. The number of carbonyl (C=O) groups excluding carboxylic acids is 1. The van der Waals surface area contributed by atoms with Gasteiger partial charge in [0.15, 0.2) is 10.1 Å². The monoisotopic (exact) mass is 308 g/mol. The smallest absolute Gasteiger partial charge is 0.174 e. The van der Waals surface area contributed by atoms with Crippen molar-refractivity contribution in [1.29, 1.82) is 0 Å². The molecule has 0 radical (unpaired) electrons. The molecular formula is C15H20N2OS2. The van der Waals surface area contributed by atoms with E-state index in [0.29, 0.717) is 5.78 Å². The summed E-state index contributed by atoms with van der Waals surface area (Å²) in [5.41, 5.74) is 1.76. The van der Waals surface area contributed by atoms with E-state index in [1.807, 2.05) is 0 Å². The third kappa shape index (κ3) is 2.13. The Balaban J connectivity index is 1.53. The molecular weight excluding hydrogens is 288 g/mol. The lowest BCUT2D eigenvalue weighted by molar-refractivity contribution is -0.142. The van der Waals surface area contributed by atoms with Crippen LogP contribution in [0, 0.1) is 23.2 Å². The van der Waals surface area contributed by atoms with Crippen LogP contribution >= 0.6 is 23.1 Å². The van der Waals surface area contributed by atoms with E-state index in [9.17, 15) is 4.79 Å². The molecule has 4 fully saturated rings. The Labute approximate surface area is 127 Å². The summed E-state index contributed by atoms with van der Waals surface area (Å²) in [6.45, 7) is 2.06. The molecule has 0 N–H and O–H groups in total. The molecule has 1 atom stereocenters. The van der Waals surface area contributed by atoms with Gasteiger partial charge in [-0.05, 0) is 63.2 Å². The highest BCUT2D eigenvalue weighted by Crippen LogP contribution is 2.61. The molecule has 1 heterocycles. The quantitative estimate of drug-likeness (QED) is 0.793. The van der Waals surface area contributed by atoms with Crippen molar-refractivity contribution in [3.05, 3.63) is 5.51 Å². The molecule has 0 aliphatic heterocycles. The van der Waals surface area contributed by atoms with E-state index in [2.05, 4.69) is 17.1 Å². The molecule has 0 amide bonds. The van der Waals surface area contributed by atoms with Crippen LogP contribution in [0.5, 0.6) is 0 Å². The molecule has 4 aliphatic carbocycles. The SMILES string of the molecule is C[C@@H](Sc1nncs1)C(=O)C12CC3CC(CC(C3)C1)C2. The van der Waals surface area contributed by atoms with E-state index in [4.69, 9.17) is 0 Å². The Morgan fingerprint density at radius 3 is 2.40 bits per heavy atom. The molecule has 20 heavy (non-hydrogen) atoms. The van der Waals surface area contributed by atoms with Crippen LogP contribution in [0.2, 0.25) is 0 Å². The fraction of sp³-hybridized carbons (Fsp3) is 0.800. The predicted octanol–water partition coefficient (Wildman–Crippen LogP) is 3.80. The molecule has 1 aromatic heterocycles. The Bertz CT molecular complexity index is 479. The highest BCUT2D eigenvalue weighted by molar-refractivity contribution is 8.02. The largest absolute Gasteiger partial charge is 0.298 e. The summed E-state index contributed by atoms with van der Waals surface area (Å²) in [7, 11) is 0. The number of hydrogen-bond donors (Lipinski definition) is 0. The first-order valence-electron chi connectivity index (χ1n) is 7.62. The molecule has 0 spiro atoms. The van der Waals surface area contributed by atoms with E-state index in [0.717, 1.165) is 22.1 Å². The zero-order chi connectivity index (χ0) is 13.7. The van der Waals surface area contributed by atoms with Gasteiger partial charge in [-0.3, -0.25) is 4.79 Å². The first kappa shape index (κ1) is 13.3. The van der Waals surface area contributed by atoms with Gasteiger partial charge in [-0.25, -0.2) is 0 Å². The van der Waals surface area contributed by atoms with Crippen molar-refractivity contribution in [3.63, 3.8) is 0 Å². The van der Waals surface area contributed by atoms with Gasteiger partial charge in [-0.15, -0.1) is 10.2 Å². The van der Waals surface area contributed by atoms with Crippen LogP contribution in [0.3, 0.4) is 0 Å². The number of rotatable bonds is 4. The second kappa shape index (κ2) is 4.80. The number of Topliss-reactive ketones (excluding diaryl/α,β-unsaturated/α-hetero) is 1. The number of hydrogen-bond acceptors (Lipinski definition) is 5. The molecule has 0 aromatic carbocycles. The molecule has 5 heteroatoms. The van der Waals surface area contributed by atoms with Crippen molar-refractivity contribution in [2.24, 2.45) is 23.2 Å². The van der Waals surface area contributed by atoms with Crippen molar-refractivity contribution in [1.82, 2.24) is 10.2 Å². The number of thioether (sulfide) groups is 1. The van der Waals surface area contributed by atoms with Crippen molar-refractivity contribution in [2.45, 2.75) is 55.0 Å². The molecule has 3 nitrogen and oxygen atoms in total. The first-order valence-corrected chi connectivity index (χ1v) is 9.38. The summed E-state index contributed by atoms with van der Waals surface area (Å²) in [5, 5.41) is 7.95. The highest BCUT2D eigenvalue weighted by Gasteiger charge is 2.55. The fourth-order valence-corrected chi connectivity index (χ4v) is 7.08. The van der Waals surface area contributed by atoms with Crippen LogP contribution < -0.4 is 0 Å². The molecule has 1 aromatic rings. The van der Waals surface area contributed by atoms with Crippen LogP contribution in [-0.4, -0.2) is 21.2 Å². The number of ketones is 1. The van der Waals surface area contributed by atoms with Gasteiger partial charge in [0, 0.05) is 5.41 Å². The van der Waals surface area contributed by atoms with Gasteiger partial charge < -0.3 is 0 Å². The summed E-state index contributed by atoms with van der Waals surface area (Å²) >= 11 is 3.14. The summed E-state index contributed by atoms with van der Waals surface area (Å²) in [6, 6.07) is 0. The molecule has 108 valence electrons. The maximum Gasteiger partial charge on any atom is 0.174 e. The van der Waals surface area contributed by atoms with Crippen molar-refractivity contribution in [3.8, 4) is 0 Å². The highest BCUT2D eigenvalue weighted by atomic mass is 32.2. The molecule has 4 bridgehead atoms. The van der Waals surface area contributed by atoms with Crippen molar-refractivity contribution in [2.75, 3.05) is 0 Å². The maximum absolute atomic E-state index is 13.1. The van der Waals surface area contributed by atoms with Crippen LogP contribution in [-0.2, 0) is 4.79 Å². The van der Waals surface area contributed by atoms with Gasteiger partial charge in [-0.2, -0.15) is 0 Å². The maximum atomic E-state index is 13.1. The van der Waals surface area contributed by atoms with Crippen LogP contribution in [0.25, 0.3) is 0 Å². The van der Waals surface area contributed by atoms with Gasteiger partial charge >= 0.3 is 0 Å². The first-order chi connectivity index (χ1) is 9.64. The normalized spacial score (nSPS) is 40.0. The zero-order valence-corrected chi connectivity index (χ0v) is 13.4. The molecule has 5 rings (SSSR count). The minimum Gasteiger partial charge on any atom is -0.298 e. The Morgan fingerprint density at radius 2 is 1.90 bits per heavy atom. The fourth-order valence-electron chi connectivity index (χ4n) is 5.26. The summed E-state index contributed by atoms with van der Waals surface area (Å²) in [5.74, 6) is 3.01. The van der Waals surface area contributed by atoms with Crippen LogP contribution in [0.15, 0.2) is 9.85 Å². The third-order valence-corrected chi connectivity index (χ3v) is 7.46. The van der Waals surface area contributed by atoms with Gasteiger partial charge in [0.2, 0.25) is 0 Å². The van der Waals surface area contributed by atoms with E-state index >= 15 is 0 Å². The zero-order valence-electron chi connectivity index (χ0n) is 11.7. The number of aromatic nitrogens is 2. The average molecular weight is 308 g/mol. The third-order valence-electron chi connectivity index (χ3n) is 5.55. The van der Waals surface area contributed by atoms with Gasteiger partial charge in [-0.1, -0.05) is 23.1 Å². The van der Waals surface area contributed by atoms with Crippen molar-refractivity contribution < 1.29 is 4.79 Å². The standard InChI is InChI=1S/C15H20N2OS2/c1-9(20-14-17-16-8-19-14)13(18)15-5-10-2-11(6-15)4-12(3-10)7-15/h8-12H,2-7H2,1H3/t9-,10?,11?,12?,15?/m1/s1. The number of carbonyl (C=O) groups is 1. The summed E-state index contributed by atoms with van der Waals surface area (Å²) in [6.07, 6.45) is 7.68. The Hall–Kier alpha value is -0.420. The predicted molar refractivity (Wildman–Crippen MR) is 80.8 cm³/mol. The van der Waals surface area contributed by atoms with Crippen LogP contribution in [0.1, 0.15) is 45.4 Å².